The number of nitrogens with zero attached hydrogens (tertiary/aromatic N) is 1. The Morgan fingerprint density at radius 3 is 1.58 bits per heavy atom. The van der Waals surface area contributed by atoms with Crippen molar-refractivity contribution in [3.8, 4) is 0 Å². The summed E-state index contributed by atoms with van der Waals surface area (Å²) >= 11 is 0. The van der Waals surface area contributed by atoms with Crippen LogP contribution in [-0.4, -0.2) is 79.8 Å². The third-order valence-electron chi connectivity index (χ3n) is 9.76. The van der Waals surface area contributed by atoms with E-state index >= 15 is 0 Å². The number of nitrogens with one attached hydrogen (secondary N) is 1. The molecule has 0 aliphatic carbocycles. The normalized spacial score (nSPS) is 15.2. The summed E-state index contributed by atoms with van der Waals surface area (Å²) in [6.45, 7) is 4.37. The van der Waals surface area contributed by atoms with Crippen LogP contribution in [-0.2, 0) is 18.4 Å². The van der Waals surface area contributed by atoms with Crippen molar-refractivity contribution in [2.24, 2.45) is 0 Å². The fourth-order valence-corrected chi connectivity index (χ4v) is 6.93. The molecule has 1 amide bonds. The number of hydrogen-bond donors (Lipinski definition) is 3. The van der Waals surface area contributed by atoms with Crippen molar-refractivity contribution in [1.82, 2.24) is 5.32 Å². The van der Waals surface area contributed by atoms with Gasteiger partial charge in [-0.2, -0.15) is 0 Å². The van der Waals surface area contributed by atoms with Crippen LogP contribution in [0.5, 0.6) is 0 Å². The molecule has 0 fully saturated rings. The van der Waals surface area contributed by atoms with E-state index in [0.29, 0.717) is 30.3 Å². The molecule has 0 saturated heterocycles. The topological polar surface area (TPSA) is 128 Å². The summed E-state index contributed by atoms with van der Waals surface area (Å²) in [7, 11) is 1.10. The minimum atomic E-state index is -4.67. The first-order valence-electron chi connectivity index (χ1n) is 21.8. The van der Waals surface area contributed by atoms with Crippen molar-refractivity contribution >= 4 is 13.7 Å². The summed E-state index contributed by atoms with van der Waals surface area (Å²) in [6, 6.07) is -1.09. The molecule has 0 bridgehead atoms. The third kappa shape index (κ3) is 36.3. The number of carbonyl (C=O) groups is 1. The lowest BCUT2D eigenvalue weighted by molar-refractivity contribution is -0.870. The van der Waals surface area contributed by atoms with Crippen molar-refractivity contribution in [3.63, 3.8) is 0 Å². The quantitative estimate of drug-likeness (QED) is 0.0246. The predicted molar refractivity (Wildman–Crippen MR) is 221 cm³/mol. The van der Waals surface area contributed by atoms with Gasteiger partial charge < -0.3 is 34.0 Å². The highest BCUT2D eigenvalue weighted by molar-refractivity contribution is 7.45. The average Bonchev–Trinajstić information content (AvgIpc) is 3.10. The second-order valence-corrected chi connectivity index (χ2v) is 17.6. The molecule has 0 aromatic carbocycles. The van der Waals surface area contributed by atoms with E-state index in [1.165, 1.54) is 109 Å². The lowest BCUT2D eigenvalue weighted by atomic mass is 10.0. The van der Waals surface area contributed by atoms with Crippen molar-refractivity contribution in [3.05, 3.63) is 24.3 Å². The van der Waals surface area contributed by atoms with Gasteiger partial charge in [0.05, 0.1) is 39.9 Å². The van der Waals surface area contributed by atoms with Crippen molar-refractivity contribution in [1.29, 1.82) is 0 Å². The molecule has 0 aromatic rings. The van der Waals surface area contributed by atoms with Gasteiger partial charge in [0.1, 0.15) is 19.3 Å². The zero-order chi connectivity index (χ0) is 39.5. The first-order chi connectivity index (χ1) is 25.4. The van der Waals surface area contributed by atoms with Gasteiger partial charge in [0, 0.05) is 6.42 Å². The van der Waals surface area contributed by atoms with Gasteiger partial charge in [-0.05, 0) is 51.4 Å². The first kappa shape index (κ1) is 51.9. The Kier molecular flexibility index (Phi) is 34.7. The number of carbonyl (C=O) groups excluding carboxylic acids is 1. The Bertz CT molecular complexity index is 940. The van der Waals surface area contributed by atoms with E-state index in [0.717, 1.165) is 38.5 Å². The molecule has 10 heteroatoms. The number of amides is 1. The minimum absolute atomic E-state index is 0.0471. The predicted octanol–water partition coefficient (Wildman–Crippen LogP) is 10.1. The van der Waals surface area contributed by atoms with Crippen LogP contribution in [0.3, 0.4) is 0 Å². The number of allylic oxidation sites excluding steroid dienone is 4. The van der Waals surface area contributed by atoms with Gasteiger partial charge in [0.2, 0.25) is 5.91 Å². The number of hydrogen-bond acceptors (Lipinski definition) is 7. The van der Waals surface area contributed by atoms with E-state index in [2.05, 4.69) is 43.5 Å². The standard InChI is InChI=1S/C43H85N2O7P/c1-6-8-10-12-14-16-18-20-21-22-23-24-26-28-30-32-34-36-42(47)44-40(39-52-53(49,50)51-38-37-45(3,4)5)43(48)41(46)35-33-31-29-27-25-19-17-15-13-11-9-7-2/h15,17,27,29,40-41,43,46,48H,6-14,16,18-26,28,30-39H2,1-5H3,(H-,44,47,49,50)/b17-15+,29-27+. The molecule has 0 rings (SSSR count). The lowest BCUT2D eigenvalue weighted by Gasteiger charge is -2.31. The van der Waals surface area contributed by atoms with Crippen LogP contribution in [0, 0.1) is 0 Å². The Hall–Kier alpha value is -1.06. The van der Waals surface area contributed by atoms with Crippen molar-refractivity contribution < 1.29 is 38.0 Å². The number of phosphoric acid groups is 1. The Morgan fingerprint density at radius 2 is 1.09 bits per heavy atom. The fraction of sp³-hybridized carbons (Fsp3) is 0.884. The van der Waals surface area contributed by atoms with Gasteiger partial charge in [0.25, 0.3) is 7.82 Å². The van der Waals surface area contributed by atoms with Gasteiger partial charge in [-0.15, -0.1) is 0 Å². The smallest absolute Gasteiger partial charge is 0.268 e. The molecule has 3 N–H and O–H groups in total. The van der Waals surface area contributed by atoms with Gasteiger partial charge >= 0.3 is 0 Å². The number of likely N-dealkylation sites (N-methyl/N-ethyl adjacent to an activating group) is 1. The molecule has 0 saturated carbocycles. The summed E-state index contributed by atoms with van der Waals surface area (Å²) in [4.78, 5) is 25.3. The molecular weight excluding hydrogens is 687 g/mol. The van der Waals surface area contributed by atoms with E-state index in [-0.39, 0.29) is 18.9 Å². The molecule has 0 aliphatic heterocycles. The summed E-state index contributed by atoms with van der Waals surface area (Å²) in [5.74, 6) is -0.292. The number of aliphatic hydroxyl groups excluding tert-OH is 2. The maximum absolute atomic E-state index is 12.9. The van der Waals surface area contributed by atoms with Crippen LogP contribution in [0.2, 0.25) is 0 Å². The van der Waals surface area contributed by atoms with Crippen molar-refractivity contribution in [2.45, 2.75) is 205 Å². The zero-order valence-electron chi connectivity index (χ0n) is 35.1. The van der Waals surface area contributed by atoms with Gasteiger partial charge in [-0.25, -0.2) is 0 Å². The number of rotatable bonds is 39. The van der Waals surface area contributed by atoms with E-state index < -0.39 is 32.7 Å². The summed E-state index contributed by atoms with van der Waals surface area (Å²) in [6.07, 6.45) is 36.5. The minimum Gasteiger partial charge on any atom is -0.756 e. The second kappa shape index (κ2) is 35.4. The number of quaternary nitrogens is 1. The molecule has 9 nitrogen and oxygen atoms in total. The highest BCUT2D eigenvalue weighted by atomic mass is 31.2. The molecule has 53 heavy (non-hydrogen) atoms. The fourth-order valence-electron chi connectivity index (χ4n) is 6.21. The highest BCUT2D eigenvalue weighted by Crippen LogP contribution is 2.38. The third-order valence-corrected chi connectivity index (χ3v) is 10.7. The van der Waals surface area contributed by atoms with Crippen LogP contribution in [0.15, 0.2) is 24.3 Å². The van der Waals surface area contributed by atoms with Gasteiger partial charge in [-0.3, -0.25) is 9.36 Å². The zero-order valence-corrected chi connectivity index (χ0v) is 36.0. The monoisotopic (exact) mass is 773 g/mol. The molecule has 0 aliphatic rings. The maximum atomic E-state index is 12.9. The second-order valence-electron chi connectivity index (χ2n) is 16.2. The molecule has 0 heterocycles. The summed E-state index contributed by atoms with van der Waals surface area (Å²) in [5.41, 5.74) is 0. The maximum Gasteiger partial charge on any atom is 0.268 e. The van der Waals surface area contributed by atoms with E-state index in [9.17, 15) is 24.5 Å². The molecule has 0 aromatic heterocycles. The molecule has 4 atom stereocenters. The SMILES string of the molecule is CCCCC/C=C/CC/C=C/CCCC(O)C(O)C(COP(=O)([O-])OCC[N+](C)(C)C)NC(=O)CCCCCCCCCCCCCCCCCCC. The molecular formula is C43H85N2O7P. The van der Waals surface area contributed by atoms with Crippen LogP contribution in [0.1, 0.15) is 187 Å². The number of phosphoric ester groups is 1. The summed E-state index contributed by atoms with van der Waals surface area (Å²) < 4.78 is 23.1. The Labute approximate surface area is 327 Å². The lowest BCUT2D eigenvalue weighted by Crippen LogP contribution is -2.51. The van der Waals surface area contributed by atoms with Crippen LogP contribution >= 0.6 is 7.82 Å². The van der Waals surface area contributed by atoms with Crippen LogP contribution in [0.4, 0.5) is 0 Å². The number of unbranched alkanes of at least 4 members (excludes halogenated alkanes) is 21. The van der Waals surface area contributed by atoms with E-state index in [1.54, 1.807) is 0 Å². The Balaban J connectivity index is 4.53. The average molecular weight is 773 g/mol. The highest BCUT2D eigenvalue weighted by Gasteiger charge is 2.29. The number of aliphatic hydroxyl groups is 2. The molecule has 0 spiro atoms. The molecule has 0 radical (unpaired) electrons. The van der Waals surface area contributed by atoms with Crippen molar-refractivity contribution in [2.75, 3.05) is 40.9 Å². The van der Waals surface area contributed by atoms with E-state index in [1.807, 2.05) is 21.1 Å². The van der Waals surface area contributed by atoms with Gasteiger partial charge in [-0.1, -0.05) is 154 Å². The van der Waals surface area contributed by atoms with E-state index in [4.69, 9.17) is 9.05 Å². The molecule has 4 unspecified atom stereocenters. The van der Waals surface area contributed by atoms with Crippen LogP contribution in [0.25, 0.3) is 0 Å². The largest absolute Gasteiger partial charge is 0.756 e. The Morgan fingerprint density at radius 1 is 0.660 bits per heavy atom. The first-order valence-corrected chi connectivity index (χ1v) is 23.2. The molecule has 314 valence electrons. The van der Waals surface area contributed by atoms with Gasteiger partial charge in [0.15, 0.2) is 0 Å². The summed E-state index contributed by atoms with van der Waals surface area (Å²) in [5, 5.41) is 24.5. The van der Waals surface area contributed by atoms with Crippen LogP contribution < -0.4 is 10.2 Å².